The van der Waals surface area contributed by atoms with E-state index in [1.807, 2.05) is 19.1 Å². The zero-order valence-corrected chi connectivity index (χ0v) is 10.2. The van der Waals surface area contributed by atoms with Gasteiger partial charge < -0.3 is 10.7 Å². The molecule has 0 aliphatic carbocycles. The molecule has 4 N–H and O–H groups in total. The summed E-state index contributed by atoms with van der Waals surface area (Å²) in [6.45, 7) is 2.61. The summed E-state index contributed by atoms with van der Waals surface area (Å²) in [5.74, 6) is 1.56. The Morgan fingerprint density at radius 1 is 1.28 bits per heavy atom. The third kappa shape index (κ3) is 1.69. The molecule has 0 saturated heterocycles. The van der Waals surface area contributed by atoms with Crippen LogP contribution in [0.4, 0.5) is 0 Å². The van der Waals surface area contributed by atoms with Crippen molar-refractivity contribution in [2.24, 2.45) is 5.73 Å². The van der Waals surface area contributed by atoms with Gasteiger partial charge in [0.25, 0.3) is 0 Å². The van der Waals surface area contributed by atoms with E-state index in [1.165, 1.54) is 0 Å². The van der Waals surface area contributed by atoms with Crippen LogP contribution in [0.3, 0.4) is 0 Å². The first kappa shape index (κ1) is 11.0. The molecule has 0 aliphatic heterocycles. The number of hydrogen-bond acceptors (Lipinski definition) is 3. The molecule has 0 saturated carbocycles. The molecule has 5 nitrogen and oxygen atoms in total. The Labute approximate surface area is 104 Å². The van der Waals surface area contributed by atoms with Crippen LogP contribution in [0.25, 0.3) is 22.3 Å². The van der Waals surface area contributed by atoms with Gasteiger partial charge in [-0.1, -0.05) is 18.2 Å². The monoisotopic (exact) mass is 241 g/mol. The molecule has 2 aromatic heterocycles. The molecule has 0 amide bonds. The molecule has 18 heavy (non-hydrogen) atoms. The van der Waals surface area contributed by atoms with E-state index in [2.05, 4.69) is 32.3 Å². The predicted octanol–water partition coefficient (Wildman–Crippen LogP) is 1.76. The van der Waals surface area contributed by atoms with Gasteiger partial charge in [0.2, 0.25) is 0 Å². The third-order valence-corrected chi connectivity index (χ3v) is 3.03. The van der Waals surface area contributed by atoms with Gasteiger partial charge in [0, 0.05) is 28.6 Å². The lowest BCUT2D eigenvalue weighted by Gasteiger charge is -1.94. The zero-order valence-electron chi connectivity index (χ0n) is 10.2. The summed E-state index contributed by atoms with van der Waals surface area (Å²) in [5.41, 5.74) is 8.76. The summed E-state index contributed by atoms with van der Waals surface area (Å²) in [6.07, 6.45) is 0.717. The highest BCUT2D eigenvalue weighted by Crippen LogP contribution is 2.29. The first-order chi connectivity index (χ1) is 8.79. The lowest BCUT2D eigenvalue weighted by Crippen LogP contribution is -2.03. The van der Waals surface area contributed by atoms with Crippen LogP contribution in [-0.4, -0.2) is 26.7 Å². The lowest BCUT2D eigenvalue weighted by atomic mass is 10.1. The Hall–Kier alpha value is -2.14. The first-order valence-corrected chi connectivity index (χ1v) is 5.98. The van der Waals surface area contributed by atoms with Crippen LogP contribution in [0.1, 0.15) is 11.5 Å². The number of rotatable bonds is 3. The topological polar surface area (TPSA) is 83.4 Å². The number of benzene rings is 1. The summed E-state index contributed by atoms with van der Waals surface area (Å²) in [6, 6.07) is 8.17. The van der Waals surface area contributed by atoms with Crippen molar-refractivity contribution in [2.75, 3.05) is 6.54 Å². The van der Waals surface area contributed by atoms with Crippen LogP contribution >= 0.6 is 0 Å². The maximum Gasteiger partial charge on any atom is 0.183 e. The fourth-order valence-corrected chi connectivity index (χ4v) is 2.22. The van der Waals surface area contributed by atoms with Gasteiger partial charge in [-0.2, -0.15) is 5.10 Å². The first-order valence-electron chi connectivity index (χ1n) is 5.98. The van der Waals surface area contributed by atoms with Gasteiger partial charge in [-0.05, 0) is 19.5 Å². The molecule has 92 valence electrons. The Morgan fingerprint density at radius 3 is 2.94 bits per heavy atom. The van der Waals surface area contributed by atoms with Crippen molar-refractivity contribution in [1.82, 2.24) is 20.2 Å². The number of aromatic nitrogens is 4. The highest BCUT2D eigenvalue weighted by Gasteiger charge is 2.14. The largest absolute Gasteiger partial charge is 0.358 e. The van der Waals surface area contributed by atoms with Gasteiger partial charge in [0.05, 0.1) is 0 Å². The summed E-state index contributed by atoms with van der Waals surface area (Å²) >= 11 is 0. The van der Waals surface area contributed by atoms with Crippen LogP contribution in [0.2, 0.25) is 0 Å². The van der Waals surface area contributed by atoms with Gasteiger partial charge in [-0.15, -0.1) is 0 Å². The fourth-order valence-electron chi connectivity index (χ4n) is 2.22. The number of aromatic amines is 2. The van der Waals surface area contributed by atoms with E-state index in [9.17, 15) is 0 Å². The third-order valence-electron chi connectivity index (χ3n) is 3.03. The van der Waals surface area contributed by atoms with Crippen molar-refractivity contribution in [2.45, 2.75) is 13.3 Å². The van der Waals surface area contributed by atoms with E-state index in [-0.39, 0.29) is 0 Å². The van der Waals surface area contributed by atoms with E-state index in [4.69, 9.17) is 5.73 Å². The SMILES string of the molecule is Cc1[nH]c2ccccc2c1-c1n[nH]c(CCN)n1. The average molecular weight is 241 g/mol. The maximum atomic E-state index is 5.51. The van der Waals surface area contributed by atoms with Gasteiger partial charge >= 0.3 is 0 Å². The molecule has 0 unspecified atom stereocenters. The maximum absolute atomic E-state index is 5.51. The number of hydrogen-bond donors (Lipinski definition) is 3. The highest BCUT2D eigenvalue weighted by molar-refractivity contribution is 5.95. The number of nitrogens with one attached hydrogen (secondary N) is 2. The van der Waals surface area contributed by atoms with E-state index in [1.54, 1.807) is 0 Å². The number of aryl methyl sites for hydroxylation is 1. The summed E-state index contributed by atoms with van der Waals surface area (Å²) < 4.78 is 0. The number of fused-ring (bicyclic) bond motifs is 1. The Kier molecular flexibility index (Phi) is 2.60. The molecule has 0 bridgehead atoms. The standard InChI is InChI=1S/C13H15N5/c1-8-12(9-4-2-3-5-10(9)15-8)13-16-11(6-7-14)17-18-13/h2-5,15H,6-7,14H2,1H3,(H,16,17,18). The summed E-state index contributed by atoms with van der Waals surface area (Å²) in [4.78, 5) is 7.83. The summed E-state index contributed by atoms with van der Waals surface area (Å²) in [5, 5.41) is 8.36. The minimum Gasteiger partial charge on any atom is -0.358 e. The molecule has 2 heterocycles. The highest BCUT2D eigenvalue weighted by atomic mass is 15.2. The molecule has 5 heteroatoms. The minimum absolute atomic E-state index is 0.571. The van der Waals surface area contributed by atoms with Crippen LogP contribution < -0.4 is 5.73 Å². The average Bonchev–Trinajstić information content (AvgIpc) is 2.92. The van der Waals surface area contributed by atoms with Gasteiger partial charge in [0.15, 0.2) is 5.82 Å². The number of para-hydroxylation sites is 1. The Bertz CT molecular complexity index is 680. The van der Waals surface area contributed by atoms with Gasteiger partial charge in [-0.25, -0.2) is 4.98 Å². The Morgan fingerprint density at radius 2 is 2.11 bits per heavy atom. The van der Waals surface area contributed by atoms with Gasteiger partial charge in [0.1, 0.15) is 5.82 Å². The Balaban J connectivity index is 2.15. The number of H-pyrrole nitrogens is 2. The minimum atomic E-state index is 0.571. The zero-order chi connectivity index (χ0) is 12.5. The molecule has 1 aromatic carbocycles. The quantitative estimate of drug-likeness (QED) is 0.653. The molecule has 3 aromatic rings. The number of nitrogens with zero attached hydrogens (tertiary/aromatic N) is 2. The summed E-state index contributed by atoms with van der Waals surface area (Å²) in [7, 11) is 0. The van der Waals surface area contributed by atoms with Gasteiger partial charge in [-0.3, -0.25) is 5.10 Å². The molecule has 0 aliphatic rings. The molecular formula is C13H15N5. The van der Waals surface area contributed by atoms with Crippen LogP contribution in [-0.2, 0) is 6.42 Å². The van der Waals surface area contributed by atoms with E-state index in [0.29, 0.717) is 13.0 Å². The second kappa shape index (κ2) is 4.27. The van der Waals surface area contributed by atoms with E-state index < -0.39 is 0 Å². The second-order valence-corrected chi connectivity index (χ2v) is 4.31. The van der Waals surface area contributed by atoms with Crippen LogP contribution in [0.5, 0.6) is 0 Å². The van der Waals surface area contributed by atoms with E-state index >= 15 is 0 Å². The van der Waals surface area contributed by atoms with Crippen molar-refractivity contribution in [3.05, 3.63) is 35.8 Å². The van der Waals surface area contributed by atoms with Crippen molar-refractivity contribution in [3.63, 3.8) is 0 Å². The lowest BCUT2D eigenvalue weighted by molar-refractivity contribution is 0.874. The van der Waals surface area contributed by atoms with Crippen molar-refractivity contribution >= 4 is 10.9 Å². The van der Waals surface area contributed by atoms with E-state index in [0.717, 1.165) is 33.8 Å². The van der Waals surface area contributed by atoms with Crippen molar-refractivity contribution in [1.29, 1.82) is 0 Å². The van der Waals surface area contributed by atoms with Crippen molar-refractivity contribution in [3.8, 4) is 11.4 Å². The number of nitrogens with two attached hydrogens (primary N) is 1. The predicted molar refractivity (Wildman–Crippen MR) is 71.2 cm³/mol. The van der Waals surface area contributed by atoms with Crippen LogP contribution in [0, 0.1) is 6.92 Å². The van der Waals surface area contributed by atoms with Crippen LogP contribution in [0.15, 0.2) is 24.3 Å². The normalized spacial score (nSPS) is 11.2. The smallest absolute Gasteiger partial charge is 0.183 e. The molecular weight excluding hydrogens is 226 g/mol. The molecule has 0 atom stereocenters. The fraction of sp³-hybridized carbons (Fsp3) is 0.231. The molecule has 0 spiro atoms. The molecule has 0 fully saturated rings. The second-order valence-electron chi connectivity index (χ2n) is 4.31. The molecule has 0 radical (unpaired) electrons. The molecule has 3 rings (SSSR count). The van der Waals surface area contributed by atoms with Crippen molar-refractivity contribution < 1.29 is 0 Å².